The van der Waals surface area contributed by atoms with Crippen molar-refractivity contribution in [3.63, 3.8) is 0 Å². The monoisotopic (exact) mass is 243 g/mol. The van der Waals surface area contributed by atoms with Crippen molar-refractivity contribution in [3.05, 3.63) is 29.3 Å². The van der Waals surface area contributed by atoms with Crippen LogP contribution >= 0.6 is 0 Å². The lowest BCUT2D eigenvalue weighted by Crippen LogP contribution is -2.25. The van der Waals surface area contributed by atoms with Gasteiger partial charge in [0, 0.05) is 0 Å². The molecular formula is C16H21NO. The maximum atomic E-state index is 8.91. The Labute approximate surface area is 110 Å². The van der Waals surface area contributed by atoms with Crippen LogP contribution in [0.5, 0.6) is 5.75 Å². The molecule has 1 saturated carbocycles. The van der Waals surface area contributed by atoms with E-state index in [1.165, 1.54) is 25.7 Å². The lowest BCUT2D eigenvalue weighted by molar-refractivity contribution is 0.122. The van der Waals surface area contributed by atoms with Gasteiger partial charge in [-0.1, -0.05) is 19.8 Å². The molecule has 2 atom stereocenters. The van der Waals surface area contributed by atoms with E-state index in [9.17, 15) is 0 Å². The fourth-order valence-electron chi connectivity index (χ4n) is 2.75. The van der Waals surface area contributed by atoms with E-state index in [2.05, 4.69) is 13.0 Å². The molecule has 0 bridgehead atoms. The van der Waals surface area contributed by atoms with Gasteiger partial charge in [-0.3, -0.25) is 0 Å². The third kappa shape index (κ3) is 3.04. The summed E-state index contributed by atoms with van der Waals surface area (Å²) in [5.74, 6) is 1.73. The van der Waals surface area contributed by atoms with Gasteiger partial charge < -0.3 is 4.74 Å². The van der Waals surface area contributed by atoms with Crippen LogP contribution in [-0.2, 0) is 0 Å². The minimum Gasteiger partial charge on any atom is -0.490 e. The van der Waals surface area contributed by atoms with Crippen LogP contribution in [0.2, 0.25) is 0 Å². The van der Waals surface area contributed by atoms with Gasteiger partial charge in [0.2, 0.25) is 0 Å². The first-order valence-corrected chi connectivity index (χ1v) is 6.90. The maximum absolute atomic E-state index is 8.91. The van der Waals surface area contributed by atoms with Crippen LogP contribution in [0.3, 0.4) is 0 Å². The second-order valence-electron chi connectivity index (χ2n) is 5.27. The third-order valence-electron chi connectivity index (χ3n) is 3.93. The molecule has 0 aliphatic heterocycles. The van der Waals surface area contributed by atoms with Gasteiger partial charge in [-0.05, 0) is 55.9 Å². The first kappa shape index (κ1) is 13.0. The van der Waals surface area contributed by atoms with Crippen molar-refractivity contribution in [2.45, 2.75) is 52.1 Å². The normalized spacial score (nSPS) is 23.4. The van der Waals surface area contributed by atoms with Crippen LogP contribution < -0.4 is 4.74 Å². The Kier molecular flexibility index (Phi) is 4.25. The number of aryl methyl sites for hydroxylation is 1. The van der Waals surface area contributed by atoms with E-state index >= 15 is 0 Å². The summed E-state index contributed by atoms with van der Waals surface area (Å²) >= 11 is 0. The van der Waals surface area contributed by atoms with E-state index in [-0.39, 0.29) is 0 Å². The Morgan fingerprint density at radius 3 is 2.89 bits per heavy atom. The van der Waals surface area contributed by atoms with E-state index in [0.717, 1.165) is 29.2 Å². The fourth-order valence-corrected chi connectivity index (χ4v) is 2.75. The van der Waals surface area contributed by atoms with Gasteiger partial charge in [0.1, 0.15) is 5.75 Å². The average molecular weight is 243 g/mol. The van der Waals surface area contributed by atoms with Crippen molar-refractivity contribution in [2.75, 3.05) is 0 Å². The molecule has 0 heterocycles. The maximum Gasteiger partial charge on any atom is 0.120 e. The Balaban J connectivity index is 2.01. The summed E-state index contributed by atoms with van der Waals surface area (Å²) in [4.78, 5) is 0. The summed E-state index contributed by atoms with van der Waals surface area (Å²) in [5.41, 5.74) is 1.73. The highest BCUT2D eigenvalue weighted by molar-refractivity contribution is 5.41. The summed E-state index contributed by atoms with van der Waals surface area (Å²) in [6, 6.07) is 7.94. The molecule has 0 N–H and O–H groups in total. The Morgan fingerprint density at radius 1 is 1.39 bits per heavy atom. The molecule has 2 heteroatoms. The molecule has 2 nitrogen and oxygen atoms in total. The number of nitrogens with zero attached hydrogens (tertiary/aromatic N) is 1. The minimum absolute atomic E-state index is 0.357. The van der Waals surface area contributed by atoms with Gasteiger partial charge in [-0.2, -0.15) is 5.26 Å². The largest absolute Gasteiger partial charge is 0.490 e. The predicted molar refractivity (Wildman–Crippen MR) is 72.6 cm³/mol. The highest BCUT2D eigenvalue weighted by Crippen LogP contribution is 2.30. The predicted octanol–water partition coefficient (Wildman–Crippen LogP) is 4.21. The van der Waals surface area contributed by atoms with Crippen LogP contribution in [0.1, 0.15) is 50.2 Å². The minimum atomic E-state index is 0.357. The Hall–Kier alpha value is -1.49. The standard InChI is InChI=1S/C16H21NO/c1-3-13-5-4-6-15(10-13)18-16-8-7-14(11-17)12(2)9-16/h7-9,13,15H,3-6,10H2,1-2H3. The molecule has 0 aromatic heterocycles. The summed E-state index contributed by atoms with van der Waals surface area (Å²) in [6.45, 7) is 4.22. The van der Waals surface area contributed by atoms with Crippen molar-refractivity contribution in [1.82, 2.24) is 0 Å². The van der Waals surface area contributed by atoms with Crippen molar-refractivity contribution < 1.29 is 4.74 Å². The van der Waals surface area contributed by atoms with E-state index < -0.39 is 0 Å². The summed E-state index contributed by atoms with van der Waals surface area (Å²) in [6.07, 6.45) is 6.58. The zero-order valence-electron chi connectivity index (χ0n) is 11.3. The van der Waals surface area contributed by atoms with Crippen LogP contribution in [0.25, 0.3) is 0 Å². The molecule has 96 valence electrons. The third-order valence-corrected chi connectivity index (χ3v) is 3.93. The van der Waals surface area contributed by atoms with Gasteiger partial charge in [-0.25, -0.2) is 0 Å². The van der Waals surface area contributed by atoms with Crippen LogP contribution in [0.4, 0.5) is 0 Å². The fraction of sp³-hybridized carbons (Fsp3) is 0.562. The summed E-state index contributed by atoms with van der Waals surface area (Å²) in [5, 5.41) is 8.91. The SMILES string of the molecule is CCC1CCCC(Oc2ccc(C#N)c(C)c2)C1. The van der Waals surface area contributed by atoms with Gasteiger partial charge in [0.15, 0.2) is 0 Å². The molecule has 1 fully saturated rings. The van der Waals surface area contributed by atoms with Gasteiger partial charge in [0.25, 0.3) is 0 Å². The number of hydrogen-bond donors (Lipinski definition) is 0. The zero-order valence-corrected chi connectivity index (χ0v) is 11.3. The van der Waals surface area contributed by atoms with Gasteiger partial charge in [0.05, 0.1) is 17.7 Å². The van der Waals surface area contributed by atoms with Crippen molar-refractivity contribution in [3.8, 4) is 11.8 Å². The van der Waals surface area contributed by atoms with Crippen LogP contribution in [0.15, 0.2) is 18.2 Å². The molecule has 0 spiro atoms. The molecule has 2 unspecified atom stereocenters. The molecule has 0 radical (unpaired) electrons. The van der Waals surface area contributed by atoms with E-state index in [1.807, 2.05) is 25.1 Å². The molecule has 0 amide bonds. The molecule has 1 aliphatic rings. The number of hydrogen-bond acceptors (Lipinski definition) is 2. The molecule has 0 saturated heterocycles. The zero-order chi connectivity index (χ0) is 13.0. The average Bonchev–Trinajstić information content (AvgIpc) is 2.39. The van der Waals surface area contributed by atoms with Crippen LogP contribution in [0, 0.1) is 24.2 Å². The first-order valence-electron chi connectivity index (χ1n) is 6.90. The highest BCUT2D eigenvalue weighted by Gasteiger charge is 2.22. The smallest absolute Gasteiger partial charge is 0.120 e. The van der Waals surface area contributed by atoms with E-state index in [1.54, 1.807) is 0 Å². The molecule has 2 rings (SSSR count). The molecule has 18 heavy (non-hydrogen) atoms. The number of rotatable bonds is 3. The molecule has 1 aromatic carbocycles. The summed E-state index contributed by atoms with van der Waals surface area (Å²) < 4.78 is 6.06. The number of nitriles is 1. The number of benzene rings is 1. The first-order chi connectivity index (χ1) is 8.72. The highest BCUT2D eigenvalue weighted by atomic mass is 16.5. The molecular weight excluding hydrogens is 222 g/mol. The van der Waals surface area contributed by atoms with Crippen molar-refractivity contribution >= 4 is 0 Å². The van der Waals surface area contributed by atoms with E-state index in [4.69, 9.17) is 10.00 Å². The summed E-state index contributed by atoms with van der Waals surface area (Å²) in [7, 11) is 0. The van der Waals surface area contributed by atoms with Crippen molar-refractivity contribution in [1.29, 1.82) is 5.26 Å². The number of ether oxygens (including phenoxy) is 1. The Morgan fingerprint density at radius 2 is 2.22 bits per heavy atom. The van der Waals surface area contributed by atoms with Gasteiger partial charge >= 0.3 is 0 Å². The van der Waals surface area contributed by atoms with Crippen LogP contribution in [-0.4, -0.2) is 6.10 Å². The topological polar surface area (TPSA) is 33.0 Å². The second-order valence-corrected chi connectivity index (χ2v) is 5.27. The van der Waals surface area contributed by atoms with E-state index in [0.29, 0.717) is 6.10 Å². The lowest BCUT2D eigenvalue weighted by Gasteiger charge is -2.29. The van der Waals surface area contributed by atoms with Gasteiger partial charge in [-0.15, -0.1) is 0 Å². The lowest BCUT2D eigenvalue weighted by atomic mass is 9.85. The molecule has 1 aromatic rings. The molecule has 1 aliphatic carbocycles. The second kappa shape index (κ2) is 5.91. The van der Waals surface area contributed by atoms with Crippen molar-refractivity contribution in [2.24, 2.45) is 5.92 Å². The quantitative estimate of drug-likeness (QED) is 0.796. The Bertz CT molecular complexity index is 447.